The van der Waals surface area contributed by atoms with Crippen LogP contribution in [0.3, 0.4) is 0 Å². The molecule has 0 bridgehead atoms. The lowest BCUT2D eigenvalue weighted by molar-refractivity contribution is -0.126. The Morgan fingerprint density at radius 2 is 2.00 bits per heavy atom. The SMILES string of the molecule is NC(=O)CC(N)C(=O)NCC1(C2CC2)CC1. The van der Waals surface area contributed by atoms with E-state index >= 15 is 0 Å². The molecular formula is C11H19N3O2. The molecule has 0 radical (unpaired) electrons. The van der Waals surface area contributed by atoms with Gasteiger partial charge in [0.15, 0.2) is 0 Å². The first-order valence-corrected chi connectivity index (χ1v) is 5.85. The Morgan fingerprint density at radius 1 is 1.38 bits per heavy atom. The van der Waals surface area contributed by atoms with Crippen LogP contribution in [0.15, 0.2) is 0 Å². The highest BCUT2D eigenvalue weighted by Gasteiger charge is 2.53. The van der Waals surface area contributed by atoms with Crippen LogP contribution >= 0.6 is 0 Å². The van der Waals surface area contributed by atoms with Crippen molar-refractivity contribution in [2.45, 2.75) is 38.1 Å². The summed E-state index contributed by atoms with van der Waals surface area (Å²) in [4.78, 5) is 22.2. The van der Waals surface area contributed by atoms with Crippen LogP contribution in [0.5, 0.6) is 0 Å². The Labute approximate surface area is 94.9 Å². The van der Waals surface area contributed by atoms with Crippen molar-refractivity contribution in [3.63, 3.8) is 0 Å². The van der Waals surface area contributed by atoms with Gasteiger partial charge >= 0.3 is 0 Å². The molecule has 5 N–H and O–H groups in total. The second-order valence-electron chi connectivity index (χ2n) is 5.13. The van der Waals surface area contributed by atoms with Gasteiger partial charge in [-0.25, -0.2) is 0 Å². The van der Waals surface area contributed by atoms with E-state index in [9.17, 15) is 9.59 Å². The van der Waals surface area contributed by atoms with Gasteiger partial charge in [-0.15, -0.1) is 0 Å². The van der Waals surface area contributed by atoms with Crippen molar-refractivity contribution in [1.29, 1.82) is 0 Å². The number of nitrogens with two attached hydrogens (primary N) is 2. The van der Waals surface area contributed by atoms with Crippen LogP contribution in [0.25, 0.3) is 0 Å². The van der Waals surface area contributed by atoms with Crippen molar-refractivity contribution in [2.24, 2.45) is 22.8 Å². The quantitative estimate of drug-likeness (QED) is 0.568. The van der Waals surface area contributed by atoms with Crippen molar-refractivity contribution < 1.29 is 9.59 Å². The fraction of sp³-hybridized carbons (Fsp3) is 0.818. The van der Waals surface area contributed by atoms with Crippen molar-refractivity contribution in [1.82, 2.24) is 5.32 Å². The Kier molecular flexibility index (Phi) is 2.88. The molecule has 5 heteroatoms. The molecule has 0 spiro atoms. The summed E-state index contributed by atoms with van der Waals surface area (Å²) in [6, 6.07) is -0.799. The average Bonchev–Trinajstić information content (AvgIpc) is 3.03. The summed E-state index contributed by atoms with van der Waals surface area (Å²) in [6.45, 7) is 0.711. The highest BCUT2D eigenvalue weighted by molar-refractivity contribution is 5.87. The highest BCUT2D eigenvalue weighted by Crippen LogP contribution is 2.60. The molecule has 0 saturated heterocycles. The molecule has 90 valence electrons. The van der Waals surface area contributed by atoms with Crippen LogP contribution < -0.4 is 16.8 Å². The van der Waals surface area contributed by atoms with Gasteiger partial charge in [-0.2, -0.15) is 0 Å². The maximum atomic E-state index is 11.6. The number of primary amides is 1. The summed E-state index contributed by atoms with van der Waals surface area (Å²) in [5.74, 6) is 0.0110. The molecular weight excluding hydrogens is 206 g/mol. The van der Waals surface area contributed by atoms with Crippen molar-refractivity contribution in [3.8, 4) is 0 Å². The second kappa shape index (κ2) is 4.05. The van der Waals surface area contributed by atoms with Crippen LogP contribution in [0.1, 0.15) is 32.1 Å². The first-order valence-electron chi connectivity index (χ1n) is 5.85. The van der Waals surface area contributed by atoms with Gasteiger partial charge in [0.1, 0.15) is 0 Å². The zero-order chi connectivity index (χ0) is 11.8. The van der Waals surface area contributed by atoms with Crippen LogP contribution in [0.4, 0.5) is 0 Å². The summed E-state index contributed by atoms with van der Waals surface area (Å²) in [5, 5.41) is 2.84. The van der Waals surface area contributed by atoms with Crippen molar-refractivity contribution >= 4 is 11.8 Å². The summed E-state index contributed by atoms with van der Waals surface area (Å²) in [7, 11) is 0. The Hall–Kier alpha value is -1.10. The molecule has 16 heavy (non-hydrogen) atoms. The van der Waals surface area contributed by atoms with Crippen LogP contribution in [-0.2, 0) is 9.59 Å². The van der Waals surface area contributed by atoms with E-state index in [4.69, 9.17) is 11.5 Å². The van der Waals surface area contributed by atoms with E-state index < -0.39 is 11.9 Å². The zero-order valence-corrected chi connectivity index (χ0v) is 9.37. The molecule has 0 aromatic rings. The standard InChI is InChI=1S/C11H19N3O2/c12-8(5-9(13)15)10(16)14-6-11(3-4-11)7-1-2-7/h7-8H,1-6,12H2,(H2,13,15)(H,14,16). The largest absolute Gasteiger partial charge is 0.370 e. The number of hydrogen-bond donors (Lipinski definition) is 3. The summed E-state index contributed by atoms with van der Waals surface area (Å²) in [5.41, 5.74) is 10.9. The molecule has 2 amide bonds. The van der Waals surface area contributed by atoms with E-state index in [1.54, 1.807) is 0 Å². The predicted molar refractivity (Wildman–Crippen MR) is 59.2 cm³/mol. The van der Waals surface area contributed by atoms with Gasteiger partial charge in [0, 0.05) is 6.54 Å². The van der Waals surface area contributed by atoms with Gasteiger partial charge in [0.2, 0.25) is 11.8 Å². The summed E-state index contributed by atoms with van der Waals surface area (Å²) in [6.07, 6.45) is 4.93. The molecule has 5 nitrogen and oxygen atoms in total. The first-order chi connectivity index (χ1) is 7.53. The lowest BCUT2D eigenvalue weighted by Crippen LogP contribution is -2.45. The molecule has 1 atom stereocenters. The topological polar surface area (TPSA) is 98.2 Å². The normalized spacial score (nSPS) is 23.6. The first kappa shape index (κ1) is 11.4. The van der Waals surface area contributed by atoms with E-state index in [-0.39, 0.29) is 12.3 Å². The van der Waals surface area contributed by atoms with E-state index in [1.807, 2.05) is 0 Å². The van der Waals surface area contributed by atoms with E-state index in [2.05, 4.69) is 5.32 Å². The second-order valence-corrected chi connectivity index (χ2v) is 5.13. The molecule has 2 rings (SSSR count). The third-order valence-electron chi connectivity index (χ3n) is 3.71. The highest BCUT2D eigenvalue weighted by atomic mass is 16.2. The van der Waals surface area contributed by atoms with Crippen molar-refractivity contribution in [3.05, 3.63) is 0 Å². The minimum absolute atomic E-state index is 0.0811. The lowest BCUT2D eigenvalue weighted by atomic mass is 10.0. The number of nitrogens with one attached hydrogen (secondary N) is 1. The molecule has 2 saturated carbocycles. The summed E-state index contributed by atoms with van der Waals surface area (Å²) < 4.78 is 0. The molecule has 1 unspecified atom stereocenters. The fourth-order valence-corrected chi connectivity index (χ4v) is 2.29. The zero-order valence-electron chi connectivity index (χ0n) is 9.37. The van der Waals surface area contributed by atoms with E-state index in [0.29, 0.717) is 12.0 Å². The lowest BCUT2D eigenvalue weighted by Gasteiger charge is -2.17. The third-order valence-corrected chi connectivity index (χ3v) is 3.71. The molecule has 2 aliphatic rings. The molecule has 2 fully saturated rings. The number of carbonyl (C=O) groups is 2. The van der Waals surface area contributed by atoms with Crippen molar-refractivity contribution in [2.75, 3.05) is 6.54 Å². The maximum absolute atomic E-state index is 11.6. The molecule has 0 aliphatic heterocycles. The van der Waals surface area contributed by atoms with Gasteiger partial charge in [-0.05, 0) is 37.0 Å². The minimum Gasteiger partial charge on any atom is -0.370 e. The molecule has 0 aromatic heterocycles. The average molecular weight is 225 g/mol. The predicted octanol–water partition coefficient (Wildman–Crippen LogP) is -0.505. The smallest absolute Gasteiger partial charge is 0.237 e. The molecule has 0 heterocycles. The summed E-state index contributed by atoms with van der Waals surface area (Å²) >= 11 is 0. The van der Waals surface area contributed by atoms with Gasteiger partial charge < -0.3 is 16.8 Å². The van der Waals surface area contributed by atoms with Gasteiger partial charge in [0.05, 0.1) is 12.5 Å². The number of hydrogen-bond acceptors (Lipinski definition) is 3. The third kappa shape index (κ3) is 2.52. The number of amides is 2. The van der Waals surface area contributed by atoms with Gasteiger partial charge in [0.25, 0.3) is 0 Å². The van der Waals surface area contributed by atoms with Crippen LogP contribution in [0.2, 0.25) is 0 Å². The maximum Gasteiger partial charge on any atom is 0.237 e. The van der Waals surface area contributed by atoms with E-state index in [0.717, 1.165) is 5.92 Å². The molecule has 2 aliphatic carbocycles. The van der Waals surface area contributed by atoms with Gasteiger partial charge in [-0.3, -0.25) is 9.59 Å². The Balaban J connectivity index is 1.73. The molecule has 0 aromatic carbocycles. The number of carbonyl (C=O) groups excluding carboxylic acids is 2. The Bertz CT molecular complexity index is 308. The number of rotatable bonds is 6. The van der Waals surface area contributed by atoms with Crippen LogP contribution in [0, 0.1) is 11.3 Å². The van der Waals surface area contributed by atoms with E-state index in [1.165, 1.54) is 25.7 Å². The monoisotopic (exact) mass is 225 g/mol. The van der Waals surface area contributed by atoms with Crippen LogP contribution in [-0.4, -0.2) is 24.4 Å². The fourth-order valence-electron chi connectivity index (χ4n) is 2.29. The Morgan fingerprint density at radius 3 is 2.44 bits per heavy atom. The van der Waals surface area contributed by atoms with Gasteiger partial charge in [-0.1, -0.05) is 0 Å². The minimum atomic E-state index is -0.799.